The third kappa shape index (κ3) is 7.49. The Labute approximate surface area is 292 Å². The minimum atomic E-state index is -0.693. The molecular formula is C38H49N3O5S2. The van der Waals surface area contributed by atoms with Crippen LogP contribution in [0.25, 0.3) is 21.6 Å². The maximum atomic E-state index is 13.7. The number of methoxy groups -OCH3 is 1. The van der Waals surface area contributed by atoms with E-state index < -0.39 is 11.4 Å². The average Bonchev–Trinajstić information content (AvgIpc) is 3.35. The first-order chi connectivity index (χ1) is 22.9. The number of carboxylic acids is 1. The van der Waals surface area contributed by atoms with E-state index in [1.165, 1.54) is 0 Å². The van der Waals surface area contributed by atoms with Crippen LogP contribution in [0.2, 0.25) is 0 Å². The van der Waals surface area contributed by atoms with Crippen LogP contribution >= 0.6 is 23.1 Å². The third-order valence-corrected chi connectivity index (χ3v) is 12.6. The number of benzene rings is 1. The fraction of sp³-hybridized carbons (Fsp3) is 0.553. The summed E-state index contributed by atoms with van der Waals surface area (Å²) in [6.07, 6.45) is 9.50. The van der Waals surface area contributed by atoms with Crippen LogP contribution in [0.1, 0.15) is 89.8 Å². The zero-order chi connectivity index (χ0) is 34.7. The van der Waals surface area contributed by atoms with Gasteiger partial charge in [-0.15, -0.1) is 23.1 Å². The van der Waals surface area contributed by atoms with Crippen LogP contribution in [0.4, 0.5) is 0 Å². The second-order valence-electron chi connectivity index (χ2n) is 13.9. The average molecular weight is 692 g/mol. The number of aliphatic carboxylic acids is 1. The number of aromatic nitrogens is 2. The molecule has 0 spiro atoms. The number of amides is 1. The Hall–Kier alpha value is -3.24. The number of rotatable bonds is 15. The van der Waals surface area contributed by atoms with E-state index in [1.54, 1.807) is 42.0 Å². The summed E-state index contributed by atoms with van der Waals surface area (Å²) in [4.78, 5) is 51.0. The number of carboxylic acid groups (broad SMARTS) is 1. The summed E-state index contributed by atoms with van der Waals surface area (Å²) in [5.74, 6) is 0.0411. The standard InChI is InChI=1S/C38H49N3O5S2/c1-8-38(37(44)45)20-25(38)13-11-9-10-12-16-41(6)36(43)29-18-26(17-28(29)24(5)42)48-33-19-30(35-40-31(21-47-35)22(2)3)39-34-23(4)32(46-7)15-14-27(33)34/h11,13-15,19,21-22,25-26,28-29H,8-10,12,16-18,20H2,1-7H3,(H,44,45)/b13-11-/t25-,26-,28+,29-,38?/m1/s1. The number of carbonyl (C=O) groups excluding carboxylic acids is 2. The SMILES string of the molecule is CCC1(C(=O)O)C[C@H]1/C=C\CCCCN(C)C(=O)[C@@H]1C[C@H](Sc2cc(-c3nc(C(C)C)cs3)nc3c(C)c(OC)ccc23)C[C@H]1C(C)=O. The molecule has 0 radical (unpaired) electrons. The number of Topliss-reactive ketones (excluding diaryl/α,β-unsaturated/α-hetero) is 1. The van der Waals surface area contributed by atoms with Gasteiger partial charge in [0.1, 0.15) is 22.2 Å². The number of thiazole rings is 1. The van der Waals surface area contributed by atoms with Gasteiger partial charge in [0.05, 0.1) is 23.7 Å². The molecule has 2 aromatic heterocycles. The van der Waals surface area contributed by atoms with Crippen LogP contribution in [-0.2, 0) is 14.4 Å². The van der Waals surface area contributed by atoms with Crippen molar-refractivity contribution in [2.45, 2.75) is 95.6 Å². The lowest BCUT2D eigenvalue weighted by Crippen LogP contribution is -2.37. The zero-order valence-electron chi connectivity index (χ0n) is 29.2. The summed E-state index contributed by atoms with van der Waals surface area (Å²) in [7, 11) is 3.52. The molecule has 2 aliphatic carbocycles. The fourth-order valence-corrected chi connectivity index (χ4v) is 9.50. The van der Waals surface area contributed by atoms with Crippen LogP contribution in [0.15, 0.2) is 40.6 Å². The van der Waals surface area contributed by atoms with Gasteiger partial charge in [0.25, 0.3) is 0 Å². The van der Waals surface area contributed by atoms with Crippen LogP contribution < -0.4 is 4.74 Å². The van der Waals surface area contributed by atoms with E-state index >= 15 is 0 Å². The first-order valence-corrected chi connectivity index (χ1v) is 18.9. The summed E-state index contributed by atoms with van der Waals surface area (Å²) in [6, 6.07) is 6.16. The minimum absolute atomic E-state index is 0.0471. The second-order valence-corrected chi connectivity index (χ2v) is 16.1. The molecule has 2 saturated carbocycles. The molecule has 10 heteroatoms. The number of pyridine rings is 1. The van der Waals surface area contributed by atoms with Crippen molar-refractivity contribution in [3.8, 4) is 16.5 Å². The lowest BCUT2D eigenvalue weighted by atomic mass is 9.91. The monoisotopic (exact) mass is 691 g/mol. The number of allylic oxidation sites excluding steroid dienone is 2. The summed E-state index contributed by atoms with van der Waals surface area (Å²) in [5, 5.41) is 13.6. The minimum Gasteiger partial charge on any atom is -0.496 e. The van der Waals surface area contributed by atoms with Gasteiger partial charge in [-0.25, -0.2) is 9.97 Å². The number of carbonyl (C=O) groups is 3. The Balaban J connectivity index is 1.26. The van der Waals surface area contributed by atoms with E-state index in [4.69, 9.17) is 14.7 Å². The van der Waals surface area contributed by atoms with Crippen molar-refractivity contribution in [2.75, 3.05) is 20.7 Å². The molecule has 1 amide bonds. The quantitative estimate of drug-likeness (QED) is 0.125. The zero-order valence-corrected chi connectivity index (χ0v) is 30.9. The molecule has 1 N–H and O–H groups in total. The Morgan fingerprint density at radius 3 is 2.56 bits per heavy atom. The normalized spacial score (nSPS) is 23.7. The van der Waals surface area contributed by atoms with Crippen molar-refractivity contribution >= 4 is 51.7 Å². The maximum absolute atomic E-state index is 13.7. The lowest BCUT2D eigenvalue weighted by Gasteiger charge is -2.24. The number of hydrogen-bond donors (Lipinski definition) is 1. The highest BCUT2D eigenvalue weighted by atomic mass is 32.2. The molecule has 2 heterocycles. The summed E-state index contributed by atoms with van der Waals surface area (Å²) in [6.45, 7) is 10.5. The van der Waals surface area contributed by atoms with Crippen LogP contribution in [-0.4, -0.2) is 63.6 Å². The molecule has 48 heavy (non-hydrogen) atoms. The van der Waals surface area contributed by atoms with Gasteiger partial charge in [-0.05, 0) is 88.8 Å². The van der Waals surface area contributed by atoms with Gasteiger partial charge in [-0.2, -0.15) is 0 Å². The molecule has 0 saturated heterocycles. The Morgan fingerprint density at radius 2 is 1.94 bits per heavy atom. The molecule has 1 unspecified atom stereocenters. The molecular weight excluding hydrogens is 643 g/mol. The van der Waals surface area contributed by atoms with E-state index in [0.29, 0.717) is 31.7 Å². The number of nitrogens with zero attached hydrogens (tertiary/aromatic N) is 3. The van der Waals surface area contributed by atoms with Gasteiger partial charge in [-0.3, -0.25) is 14.4 Å². The molecule has 5 atom stereocenters. The van der Waals surface area contributed by atoms with Gasteiger partial charge < -0.3 is 14.7 Å². The molecule has 5 rings (SSSR count). The van der Waals surface area contributed by atoms with Gasteiger partial charge >= 0.3 is 5.97 Å². The van der Waals surface area contributed by atoms with Gasteiger partial charge in [-0.1, -0.05) is 32.9 Å². The number of ketones is 1. The number of aryl methyl sites for hydroxylation is 1. The molecule has 0 bridgehead atoms. The van der Waals surface area contributed by atoms with Crippen molar-refractivity contribution in [2.24, 2.45) is 23.2 Å². The largest absolute Gasteiger partial charge is 0.496 e. The summed E-state index contributed by atoms with van der Waals surface area (Å²) < 4.78 is 5.63. The van der Waals surface area contributed by atoms with Gasteiger partial charge in [0, 0.05) is 51.9 Å². The Bertz CT molecular complexity index is 1700. The molecule has 8 nitrogen and oxygen atoms in total. The van der Waals surface area contributed by atoms with E-state index in [0.717, 1.165) is 69.2 Å². The lowest BCUT2D eigenvalue weighted by molar-refractivity contribution is -0.143. The number of unbranched alkanes of at least 4 members (excludes halogenated alkanes) is 2. The smallest absolute Gasteiger partial charge is 0.310 e. The first kappa shape index (κ1) is 36.1. The Kier molecular flexibility index (Phi) is 11.4. The number of hydrogen-bond acceptors (Lipinski definition) is 8. The van der Waals surface area contributed by atoms with E-state index in [1.807, 2.05) is 27.0 Å². The summed E-state index contributed by atoms with van der Waals surface area (Å²) in [5.41, 5.74) is 3.16. The van der Waals surface area contributed by atoms with Gasteiger partial charge in [0.15, 0.2) is 0 Å². The van der Waals surface area contributed by atoms with Crippen molar-refractivity contribution in [3.05, 3.63) is 47.0 Å². The third-order valence-electron chi connectivity index (χ3n) is 10.4. The highest BCUT2D eigenvalue weighted by molar-refractivity contribution is 8.00. The molecule has 1 aromatic carbocycles. The predicted octanol–water partition coefficient (Wildman–Crippen LogP) is 8.56. The van der Waals surface area contributed by atoms with Gasteiger partial charge in [0.2, 0.25) is 5.91 Å². The number of thioether (sulfide) groups is 1. The van der Waals surface area contributed by atoms with Crippen molar-refractivity contribution in [1.29, 1.82) is 0 Å². The first-order valence-electron chi connectivity index (χ1n) is 17.2. The molecule has 0 aliphatic heterocycles. The molecule has 258 valence electrons. The highest BCUT2D eigenvalue weighted by Gasteiger charge is 2.57. The topological polar surface area (TPSA) is 110 Å². The van der Waals surface area contributed by atoms with Crippen LogP contribution in [0.3, 0.4) is 0 Å². The molecule has 2 aliphatic rings. The molecule has 3 aromatic rings. The number of ether oxygens (including phenoxy) is 1. The maximum Gasteiger partial charge on any atom is 0.310 e. The van der Waals surface area contributed by atoms with Crippen molar-refractivity contribution < 1.29 is 24.2 Å². The second kappa shape index (κ2) is 15.1. The van der Waals surface area contributed by atoms with E-state index in [-0.39, 0.29) is 34.7 Å². The van der Waals surface area contributed by atoms with Crippen LogP contribution in [0.5, 0.6) is 5.75 Å². The van der Waals surface area contributed by atoms with E-state index in [2.05, 4.69) is 43.5 Å². The molecule has 2 fully saturated rings. The van der Waals surface area contributed by atoms with E-state index in [9.17, 15) is 19.5 Å². The predicted molar refractivity (Wildman–Crippen MR) is 194 cm³/mol. The fourth-order valence-electron chi connectivity index (χ4n) is 7.12. The van der Waals surface area contributed by atoms with Crippen molar-refractivity contribution in [1.82, 2.24) is 14.9 Å². The summed E-state index contributed by atoms with van der Waals surface area (Å²) >= 11 is 3.35. The Morgan fingerprint density at radius 1 is 1.19 bits per heavy atom. The highest BCUT2D eigenvalue weighted by Crippen LogP contribution is 2.56. The van der Waals surface area contributed by atoms with Crippen LogP contribution in [0, 0.1) is 30.1 Å². The van der Waals surface area contributed by atoms with Crippen molar-refractivity contribution in [3.63, 3.8) is 0 Å². The number of fused-ring (bicyclic) bond motifs is 1.